The van der Waals surface area contributed by atoms with Crippen molar-refractivity contribution in [3.8, 4) is 10.7 Å². The van der Waals surface area contributed by atoms with E-state index in [1.54, 1.807) is 28.0 Å². The van der Waals surface area contributed by atoms with Gasteiger partial charge in [-0.25, -0.2) is 4.98 Å². The van der Waals surface area contributed by atoms with Crippen molar-refractivity contribution in [3.05, 3.63) is 35.2 Å². The van der Waals surface area contributed by atoms with E-state index in [1.807, 2.05) is 22.4 Å². The number of carbonyl (C=O) groups excluding carboxylic acids is 1. The number of hydrogen-bond donors (Lipinski definition) is 1. The molecule has 0 atom stereocenters. The van der Waals surface area contributed by atoms with E-state index < -0.39 is 0 Å². The molecule has 1 aliphatic rings. The lowest BCUT2D eigenvalue weighted by molar-refractivity contribution is 0.0724. The number of rotatable bonds is 2. The van der Waals surface area contributed by atoms with Crippen LogP contribution in [0.3, 0.4) is 0 Å². The third-order valence-corrected chi connectivity index (χ3v) is 4.96. The fourth-order valence-corrected chi connectivity index (χ4v) is 3.57. The Hall–Kier alpha value is -2.41. The van der Waals surface area contributed by atoms with Crippen LogP contribution in [0.25, 0.3) is 16.3 Å². The maximum atomic E-state index is 12.6. The molecule has 2 N–H and O–H groups in total. The number of likely N-dealkylation sites (tertiary alicyclic amines) is 1. The van der Waals surface area contributed by atoms with Gasteiger partial charge in [-0.3, -0.25) is 4.79 Å². The molecule has 0 radical (unpaired) electrons. The quantitative estimate of drug-likeness (QED) is 0.785. The normalized spacial score (nSPS) is 15.2. The van der Waals surface area contributed by atoms with E-state index in [1.165, 1.54) is 6.42 Å². The molecule has 4 heterocycles. The molecule has 6 nitrogen and oxygen atoms in total. The third-order valence-electron chi connectivity index (χ3n) is 4.10. The van der Waals surface area contributed by atoms with Crippen LogP contribution in [-0.4, -0.2) is 38.5 Å². The number of piperidine rings is 1. The summed E-state index contributed by atoms with van der Waals surface area (Å²) in [6.45, 7) is 1.63. The van der Waals surface area contributed by atoms with Crippen LogP contribution in [0.2, 0.25) is 0 Å². The SMILES string of the molecule is Nc1cc(C(=O)N2CCCCC2)cc2nc(-c3cccs3)nn12. The van der Waals surface area contributed by atoms with E-state index in [-0.39, 0.29) is 5.91 Å². The number of nitrogens with two attached hydrogens (primary N) is 1. The molecule has 0 saturated carbocycles. The van der Waals surface area contributed by atoms with Crippen LogP contribution < -0.4 is 5.73 Å². The molecule has 0 unspecified atom stereocenters. The first-order valence-corrected chi connectivity index (χ1v) is 8.60. The van der Waals surface area contributed by atoms with Crippen molar-refractivity contribution in [1.82, 2.24) is 19.5 Å². The monoisotopic (exact) mass is 327 g/mol. The predicted octanol–water partition coefficient (Wildman–Crippen LogP) is 2.67. The Bertz CT molecular complexity index is 849. The molecule has 23 heavy (non-hydrogen) atoms. The van der Waals surface area contributed by atoms with Gasteiger partial charge >= 0.3 is 0 Å². The first-order valence-electron chi connectivity index (χ1n) is 7.72. The molecule has 1 amide bonds. The van der Waals surface area contributed by atoms with Gasteiger partial charge in [0.05, 0.1) is 4.88 Å². The van der Waals surface area contributed by atoms with Crippen molar-refractivity contribution in [3.63, 3.8) is 0 Å². The summed E-state index contributed by atoms with van der Waals surface area (Å²) in [4.78, 5) is 20.0. The first-order chi connectivity index (χ1) is 11.2. The van der Waals surface area contributed by atoms with Gasteiger partial charge in [0.2, 0.25) is 0 Å². The Morgan fingerprint density at radius 1 is 1.22 bits per heavy atom. The lowest BCUT2D eigenvalue weighted by Gasteiger charge is -2.26. The van der Waals surface area contributed by atoms with Crippen LogP contribution in [0.4, 0.5) is 5.82 Å². The summed E-state index contributed by atoms with van der Waals surface area (Å²) in [5, 5.41) is 6.42. The number of carbonyl (C=O) groups is 1. The van der Waals surface area contributed by atoms with E-state index in [9.17, 15) is 4.79 Å². The summed E-state index contributed by atoms with van der Waals surface area (Å²) in [5.41, 5.74) is 7.27. The standard InChI is InChI=1S/C16H17N5OS/c17-13-9-11(16(22)20-6-2-1-3-7-20)10-14-18-15(19-21(13)14)12-5-4-8-23-12/h4-5,8-10H,1-3,6-7,17H2. The van der Waals surface area contributed by atoms with Crippen molar-refractivity contribution in [1.29, 1.82) is 0 Å². The molecule has 0 bridgehead atoms. The van der Waals surface area contributed by atoms with Crippen LogP contribution in [0, 0.1) is 0 Å². The molecule has 1 aliphatic heterocycles. The van der Waals surface area contributed by atoms with E-state index in [0.29, 0.717) is 22.9 Å². The number of thiophene rings is 1. The average molecular weight is 327 g/mol. The van der Waals surface area contributed by atoms with Gasteiger partial charge in [-0.05, 0) is 42.8 Å². The Balaban J connectivity index is 1.73. The third kappa shape index (κ3) is 2.57. The zero-order valence-corrected chi connectivity index (χ0v) is 13.4. The number of fused-ring (bicyclic) bond motifs is 1. The average Bonchev–Trinajstić information content (AvgIpc) is 3.24. The summed E-state index contributed by atoms with van der Waals surface area (Å²) in [6, 6.07) is 7.39. The molecule has 1 fully saturated rings. The van der Waals surface area contributed by atoms with Gasteiger partial charge in [0, 0.05) is 18.7 Å². The van der Waals surface area contributed by atoms with Crippen LogP contribution in [0.15, 0.2) is 29.6 Å². The van der Waals surface area contributed by atoms with Crippen LogP contribution in [-0.2, 0) is 0 Å². The van der Waals surface area contributed by atoms with Gasteiger partial charge in [-0.15, -0.1) is 16.4 Å². The summed E-state index contributed by atoms with van der Waals surface area (Å²) >= 11 is 1.58. The van der Waals surface area contributed by atoms with E-state index in [0.717, 1.165) is 30.8 Å². The van der Waals surface area contributed by atoms with Crippen LogP contribution >= 0.6 is 11.3 Å². The van der Waals surface area contributed by atoms with Gasteiger partial charge < -0.3 is 10.6 Å². The smallest absolute Gasteiger partial charge is 0.254 e. The Kier molecular flexibility index (Phi) is 3.49. The Morgan fingerprint density at radius 2 is 2.04 bits per heavy atom. The summed E-state index contributed by atoms with van der Waals surface area (Å²) in [7, 11) is 0. The Labute approximate surface area is 137 Å². The first kappa shape index (κ1) is 14.2. The minimum absolute atomic E-state index is 0.0274. The van der Waals surface area contributed by atoms with Gasteiger partial charge in [-0.2, -0.15) is 4.52 Å². The predicted molar refractivity (Wildman–Crippen MR) is 90.5 cm³/mol. The van der Waals surface area contributed by atoms with Crippen molar-refractivity contribution in [2.75, 3.05) is 18.8 Å². The molecule has 4 rings (SSSR count). The molecule has 0 aliphatic carbocycles. The minimum Gasteiger partial charge on any atom is -0.384 e. The molecule has 118 valence electrons. The lowest BCUT2D eigenvalue weighted by Crippen LogP contribution is -2.35. The largest absolute Gasteiger partial charge is 0.384 e. The highest BCUT2D eigenvalue weighted by molar-refractivity contribution is 7.13. The molecule has 3 aromatic rings. The second kappa shape index (κ2) is 5.66. The van der Waals surface area contributed by atoms with Crippen molar-refractivity contribution >= 4 is 28.7 Å². The van der Waals surface area contributed by atoms with E-state index in [2.05, 4.69) is 10.1 Å². The van der Waals surface area contributed by atoms with Crippen molar-refractivity contribution < 1.29 is 4.79 Å². The topological polar surface area (TPSA) is 76.5 Å². The number of aromatic nitrogens is 3. The van der Waals surface area contributed by atoms with Gasteiger partial charge in [0.25, 0.3) is 5.91 Å². The summed E-state index contributed by atoms with van der Waals surface area (Å²) in [6.07, 6.45) is 3.33. The number of hydrogen-bond acceptors (Lipinski definition) is 5. The molecule has 3 aromatic heterocycles. The lowest BCUT2D eigenvalue weighted by atomic mass is 10.1. The highest BCUT2D eigenvalue weighted by Gasteiger charge is 2.20. The van der Waals surface area contributed by atoms with Crippen molar-refractivity contribution in [2.45, 2.75) is 19.3 Å². The number of amides is 1. The minimum atomic E-state index is 0.0274. The van der Waals surface area contributed by atoms with Crippen molar-refractivity contribution in [2.24, 2.45) is 0 Å². The second-order valence-electron chi connectivity index (χ2n) is 5.70. The summed E-state index contributed by atoms with van der Waals surface area (Å²) in [5.74, 6) is 1.09. The van der Waals surface area contributed by atoms with Gasteiger partial charge in [0.1, 0.15) is 5.82 Å². The maximum absolute atomic E-state index is 12.6. The molecule has 1 saturated heterocycles. The Morgan fingerprint density at radius 3 is 2.78 bits per heavy atom. The molecule has 0 aromatic carbocycles. The van der Waals surface area contributed by atoms with Gasteiger partial charge in [-0.1, -0.05) is 6.07 Å². The highest BCUT2D eigenvalue weighted by Crippen LogP contribution is 2.24. The zero-order chi connectivity index (χ0) is 15.8. The zero-order valence-electron chi connectivity index (χ0n) is 12.6. The molecule has 7 heteroatoms. The number of nitrogen functional groups attached to an aromatic ring is 1. The number of anilines is 1. The number of nitrogens with zero attached hydrogens (tertiary/aromatic N) is 4. The second-order valence-corrected chi connectivity index (χ2v) is 6.65. The molecular formula is C16H17N5OS. The maximum Gasteiger partial charge on any atom is 0.254 e. The fraction of sp³-hybridized carbons (Fsp3) is 0.312. The van der Waals surface area contributed by atoms with Gasteiger partial charge in [0.15, 0.2) is 11.5 Å². The molecule has 0 spiro atoms. The van der Waals surface area contributed by atoms with E-state index in [4.69, 9.17) is 5.73 Å². The summed E-state index contributed by atoms with van der Waals surface area (Å²) < 4.78 is 1.59. The fourth-order valence-electron chi connectivity index (χ4n) is 2.92. The van der Waals surface area contributed by atoms with Crippen LogP contribution in [0.5, 0.6) is 0 Å². The van der Waals surface area contributed by atoms with E-state index >= 15 is 0 Å². The highest BCUT2D eigenvalue weighted by atomic mass is 32.1. The molecular weight excluding hydrogens is 310 g/mol. The number of pyridine rings is 1. The van der Waals surface area contributed by atoms with Crippen LogP contribution in [0.1, 0.15) is 29.6 Å².